The Hall–Kier alpha value is -2.65. The van der Waals surface area contributed by atoms with Crippen molar-refractivity contribution in [2.24, 2.45) is 5.92 Å². The number of carbonyl (C=O) groups excluding carboxylic acids is 1. The summed E-state index contributed by atoms with van der Waals surface area (Å²) in [7, 11) is 0. The second-order valence-corrected chi connectivity index (χ2v) is 13.0. The minimum Gasteiger partial charge on any atom is -0.491 e. The summed E-state index contributed by atoms with van der Waals surface area (Å²) in [5, 5.41) is 17.5. The fraction of sp³-hybridized carbons (Fsp3) is 0.618. The summed E-state index contributed by atoms with van der Waals surface area (Å²) >= 11 is 0. The Morgan fingerprint density at radius 1 is 0.952 bits per heavy atom. The molecule has 0 bridgehead atoms. The molecule has 2 unspecified atom stereocenters. The molecule has 2 aliphatic rings. The predicted molar refractivity (Wildman–Crippen MR) is 171 cm³/mol. The fourth-order valence-electron chi connectivity index (χ4n) is 5.98. The standard InChI is InChI=1S/C34H53N5O3/c1-5-32(35-23-27-15-17-37(18-16-27)25-33(41)36-34(2,3)4)28-11-13-31(14-12-28)42-26-30(40)24-38-19-21-39(22-20-38)29-9-7-6-8-10-29/h6-14,27,30,32,35,40H,5,15-26H2,1-4H3,(H,36,41). The summed E-state index contributed by atoms with van der Waals surface area (Å²) in [6.45, 7) is 16.5. The number of para-hydroxylation sites is 1. The number of carbonyl (C=O) groups is 1. The number of piperazine rings is 1. The molecule has 2 fully saturated rings. The number of ether oxygens (including phenoxy) is 1. The van der Waals surface area contributed by atoms with E-state index in [2.05, 4.69) is 68.7 Å². The van der Waals surface area contributed by atoms with Gasteiger partial charge in [-0.3, -0.25) is 14.6 Å². The van der Waals surface area contributed by atoms with Crippen LogP contribution in [0, 0.1) is 5.92 Å². The number of aliphatic hydroxyl groups is 1. The van der Waals surface area contributed by atoms with Gasteiger partial charge in [-0.05, 0) is 95.4 Å². The van der Waals surface area contributed by atoms with Gasteiger partial charge in [-0.1, -0.05) is 37.3 Å². The molecule has 4 rings (SSSR count). The lowest BCUT2D eigenvalue weighted by atomic mass is 9.95. The molecule has 1 amide bonds. The molecule has 2 heterocycles. The van der Waals surface area contributed by atoms with Crippen LogP contribution < -0.4 is 20.3 Å². The van der Waals surface area contributed by atoms with E-state index in [0.29, 0.717) is 31.7 Å². The molecule has 0 spiro atoms. The Morgan fingerprint density at radius 3 is 2.24 bits per heavy atom. The lowest BCUT2D eigenvalue weighted by Crippen LogP contribution is -2.49. The first-order valence-electron chi connectivity index (χ1n) is 15.9. The number of rotatable bonds is 13. The quantitative estimate of drug-likeness (QED) is 0.332. The number of aliphatic hydroxyl groups excluding tert-OH is 1. The molecular weight excluding hydrogens is 526 g/mol. The maximum Gasteiger partial charge on any atom is 0.234 e. The van der Waals surface area contributed by atoms with Crippen molar-refractivity contribution >= 4 is 11.6 Å². The third kappa shape index (κ3) is 10.6. The van der Waals surface area contributed by atoms with Crippen LogP contribution in [0.4, 0.5) is 5.69 Å². The van der Waals surface area contributed by atoms with Crippen LogP contribution in [-0.4, -0.2) is 98.0 Å². The molecule has 8 heteroatoms. The first-order valence-corrected chi connectivity index (χ1v) is 15.9. The highest BCUT2D eigenvalue weighted by Crippen LogP contribution is 2.23. The highest BCUT2D eigenvalue weighted by atomic mass is 16.5. The zero-order chi connectivity index (χ0) is 30.0. The van der Waals surface area contributed by atoms with E-state index in [4.69, 9.17) is 4.74 Å². The Bertz CT molecular complexity index is 1060. The Kier molecular flexibility index (Phi) is 12.1. The van der Waals surface area contributed by atoms with Crippen molar-refractivity contribution in [1.82, 2.24) is 20.4 Å². The van der Waals surface area contributed by atoms with E-state index in [0.717, 1.165) is 70.8 Å². The van der Waals surface area contributed by atoms with E-state index in [1.54, 1.807) is 0 Å². The highest BCUT2D eigenvalue weighted by molar-refractivity contribution is 5.78. The molecule has 2 aliphatic heterocycles. The summed E-state index contributed by atoms with van der Waals surface area (Å²) < 4.78 is 5.95. The average Bonchev–Trinajstić information content (AvgIpc) is 2.98. The van der Waals surface area contributed by atoms with Gasteiger partial charge in [0.2, 0.25) is 5.91 Å². The molecule has 42 heavy (non-hydrogen) atoms. The van der Waals surface area contributed by atoms with Crippen LogP contribution in [0.2, 0.25) is 0 Å². The number of hydrogen-bond acceptors (Lipinski definition) is 7. The third-order valence-electron chi connectivity index (χ3n) is 8.34. The average molecular weight is 580 g/mol. The van der Waals surface area contributed by atoms with Gasteiger partial charge < -0.3 is 25.4 Å². The number of hydrogen-bond donors (Lipinski definition) is 3. The molecule has 0 radical (unpaired) electrons. The van der Waals surface area contributed by atoms with Crippen molar-refractivity contribution in [2.45, 2.75) is 64.6 Å². The minimum absolute atomic E-state index is 0.115. The molecule has 2 aromatic carbocycles. The van der Waals surface area contributed by atoms with Crippen LogP contribution in [0.15, 0.2) is 54.6 Å². The van der Waals surface area contributed by atoms with Crippen molar-refractivity contribution in [2.75, 3.05) is 70.4 Å². The van der Waals surface area contributed by atoms with E-state index in [9.17, 15) is 9.90 Å². The summed E-state index contributed by atoms with van der Waals surface area (Å²) in [5.41, 5.74) is 2.35. The van der Waals surface area contributed by atoms with E-state index < -0.39 is 6.10 Å². The molecule has 232 valence electrons. The van der Waals surface area contributed by atoms with E-state index >= 15 is 0 Å². The number of nitrogens with one attached hydrogen (secondary N) is 2. The minimum atomic E-state index is -0.516. The highest BCUT2D eigenvalue weighted by Gasteiger charge is 2.23. The largest absolute Gasteiger partial charge is 0.491 e. The Balaban J connectivity index is 1.12. The van der Waals surface area contributed by atoms with Crippen LogP contribution in [0.3, 0.4) is 0 Å². The monoisotopic (exact) mass is 579 g/mol. The van der Waals surface area contributed by atoms with Gasteiger partial charge in [0, 0.05) is 50.0 Å². The lowest BCUT2D eigenvalue weighted by molar-refractivity contribution is -0.124. The maximum absolute atomic E-state index is 12.3. The number of piperidine rings is 1. The van der Waals surface area contributed by atoms with Crippen LogP contribution >= 0.6 is 0 Å². The second-order valence-electron chi connectivity index (χ2n) is 13.0. The molecule has 2 atom stereocenters. The molecule has 2 aromatic rings. The first-order chi connectivity index (χ1) is 20.2. The first kappa shape index (κ1) is 32.3. The number of benzene rings is 2. The number of β-amino-alcohol motifs (C(OH)–C–C–N with tert-alkyl or cyclic N) is 1. The van der Waals surface area contributed by atoms with Gasteiger partial charge in [0.1, 0.15) is 18.5 Å². The predicted octanol–water partition coefficient (Wildman–Crippen LogP) is 3.92. The normalized spacial score (nSPS) is 18.9. The van der Waals surface area contributed by atoms with Gasteiger partial charge in [-0.25, -0.2) is 0 Å². The SMILES string of the molecule is CCC(NCC1CCN(CC(=O)NC(C)(C)C)CC1)c1ccc(OCC(O)CN2CCN(c3ccccc3)CC2)cc1. The topological polar surface area (TPSA) is 80.3 Å². The Morgan fingerprint density at radius 2 is 1.62 bits per heavy atom. The van der Waals surface area contributed by atoms with Crippen LogP contribution in [-0.2, 0) is 4.79 Å². The van der Waals surface area contributed by atoms with Crippen molar-refractivity contribution in [3.05, 3.63) is 60.2 Å². The van der Waals surface area contributed by atoms with Crippen molar-refractivity contribution in [3.63, 3.8) is 0 Å². The second kappa shape index (κ2) is 15.7. The van der Waals surface area contributed by atoms with Crippen LogP contribution in [0.1, 0.15) is 58.6 Å². The molecule has 0 aromatic heterocycles. The molecule has 8 nitrogen and oxygen atoms in total. The van der Waals surface area contributed by atoms with Crippen LogP contribution in [0.25, 0.3) is 0 Å². The number of likely N-dealkylation sites (tertiary alicyclic amines) is 1. The van der Waals surface area contributed by atoms with Gasteiger partial charge in [0.15, 0.2) is 0 Å². The van der Waals surface area contributed by atoms with Crippen LogP contribution in [0.5, 0.6) is 5.75 Å². The van der Waals surface area contributed by atoms with E-state index in [1.807, 2.05) is 39.0 Å². The third-order valence-corrected chi connectivity index (χ3v) is 8.34. The Labute approximate surface area is 253 Å². The van der Waals surface area contributed by atoms with Gasteiger partial charge in [0.05, 0.1) is 6.54 Å². The smallest absolute Gasteiger partial charge is 0.234 e. The van der Waals surface area contributed by atoms with Crippen molar-refractivity contribution in [3.8, 4) is 5.75 Å². The number of anilines is 1. The maximum atomic E-state index is 12.3. The van der Waals surface area contributed by atoms with Crippen molar-refractivity contribution < 1.29 is 14.6 Å². The van der Waals surface area contributed by atoms with Gasteiger partial charge >= 0.3 is 0 Å². The van der Waals surface area contributed by atoms with Crippen molar-refractivity contribution in [1.29, 1.82) is 0 Å². The summed E-state index contributed by atoms with van der Waals surface area (Å²) in [6, 6.07) is 19.2. The zero-order valence-electron chi connectivity index (χ0n) is 26.2. The van der Waals surface area contributed by atoms with Gasteiger partial charge in [-0.2, -0.15) is 0 Å². The lowest BCUT2D eigenvalue weighted by Gasteiger charge is -2.36. The molecule has 0 aliphatic carbocycles. The van der Waals surface area contributed by atoms with Gasteiger partial charge in [-0.15, -0.1) is 0 Å². The number of nitrogens with zero attached hydrogens (tertiary/aromatic N) is 3. The summed E-state index contributed by atoms with van der Waals surface area (Å²) in [5.74, 6) is 1.54. The molecular formula is C34H53N5O3. The summed E-state index contributed by atoms with van der Waals surface area (Å²) in [4.78, 5) is 19.3. The van der Waals surface area contributed by atoms with Gasteiger partial charge in [0.25, 0.3) is 0 Å². The fourth-order valence-corrected chi connectivity index (χ4v) is 5.98. The van der Waals surface area contributed by atoms with E-state index in [1.165, 1.54) is 11.3 Å². The molecule has 3 N–H and O–H groups in total. The molecule has 0 saturated carbocycles. The number of amides is 1. The summed E-state index contributed by atoms with van der Waals surface area (Å²) in [6.07, 6.45) is 2.73. The molecule has 2 saturated heterocycles. The van der Waals surface area contributed by atoms with E-state index in [-0.39, 0.29) is 11.4 Å². The zero-order valence-corrected chi connectivity index (χ0v) is 26.2.